The second-order valence-electron chi connectivity index (χ2n) is 2.91. The van der Waals surface area contributed by atoms with Gasteiger partial charge in [-0.05, 0) is 52.2 Å². The molecule has 1 atom stereocenters. The second-order valence-corrected chi connectivity index (χ2v) is 5.04. The van der Waals surface area contributed by atoms with E-state index in [4.69, 9.17) is 0 Å². The Kier molecular flexibility index (Phi) is 2.71. The lowest BCUT2D eigenvalue weighted by Crippen LogP contribution is -1.88. The van der Waals surface area contributed by atoms with Crippen LogP contribution in [0.2, 0.25) is 0 Å². The van der Waals surface area contributed by atoms with Crippen LogP contribution in [0.15, 0.2) is 22.9 Å². The first-order chi connectivity index (χ1) is 5.86. The summed E-state index contributed by atoms with van der Waals surface area (Å²) in [4.78, 5) is 4.12. The SMILES string of the molecule is Brc1cc(C2CCCS2)ccn1. The molecule has 12 heavy (non-hydrogen) atoms. The number of halogens is 1. The minimum absolute atomic E-state index is 0.712. The van der Waals surface area contributed by atoms with Crippen LogP contribution in [0.25, 0.3) is 0 Å². The van der Waals surface area contributed by atoms with E-state index < -0.39 is 0 Å². The highest BCUT2D eigenvalue weighted by Crippen LogP contribution is 2.39. The number of hydrogen-bond donors (Lipinski definition) is 0. The smallest absolute Gasteiger partial charge is 0.106 e. The molecular weight excluding hydrogens is 234 g/mol. The maximum Gasteiger partial charge on any atom is 0.106 e. The molecule has 0 aliphatic carbocycles. The molecule has 64 valence electrons. The molecule has 0 aromatic carbocycles. The third-order valence-corrected chi connectivity index (χ3v) is 3.92. The number of hydrogen-bond acceptors (Lipinski definition) is 2. The normalized spacial score (nSPS) is 22.9. The molecule has 1 aliphatic rings. The molecule has 1 nitrogen and oxygen atoms in total. The van der Waals surface area contributed by atoms with Crippen LogP contribution in [0, 0.1) is 0 Å². The number of aromatic nitrogens is 1. The minimum Gasteiger partial charge on any atom is -0.249 e. The standard InChI is InChI=1S/C9H10BrNS/c10-9-6-7(3-4-11-9)8-2-1-5-12-8/h3-4,6,8H,1-2,5H2. The third-order valence-electron chi connectivity index (χ3n) is 2.05. The molecule has 2 rings (SSSR count). The molecule has 0 saturated carbocycles. The molecule has 1 aliphatic heterocycles. The highest BCUT2D eigenvalue weighted by atomic mass is 79.9. The Bertz CT molecular complexity index is 271. The molecule has 1 aromatic heterocycles. The summed E-state index contributed by atoms with van der Waals surface area (Å²) in [7, 11) is 0. The fraction of sp³-hybridized carbons (Fsp3) is 0.444. The molecule has 1 aromatic rings. The van der Waals surface area contributed by atoms with Crippen molar-refractivity contribution in [2.75, 3.05) is 5.75 Å². The molecule has 0 spiro atoms. The quantitative estimate of drug-likeness (QED) is 0.702. The van der Waals surface area contributed by atoms with Crippen molar-refractivity contribution in [2.45, 2.75) is 18.1 Å². The molecule has 1 saturated heterocycles. The molecule has 0 radical (unpaired) electrons. The Balaban J connectivity index is 2.21. The summed E-state index contributed by atoms with van der Waals surface area (Å²) >= 11 is 5.44. The van der Waals surface area contributed by atoms with Crippen molar-refractivity contribution in [3.8, 4) is 0 Å². The highest BCUT2D eigenvalue weighted by molar-refractivity contribution is 9.10. The summed E-state index contributed by atoms with van der Waals surface area (Å²) in [5.74, 6) is 1.31. The van der Waals surface area contributed by atoms with E-state index in [1.165, 1.54) is 24.2 Å². The second kappa shape index (κ2) is 3.79. The van der Waals surface area contributed by atoms with Gasteiger partial charge >= 0.3 is 0 Å². The fourth-order valence-corrected chi connectivity index (χ4v) is 3.13. The average molecular weight is 244 g/mol. The van der Waals surface area contributed by atoms with Gasteiger partial charge in [-0.2, -0.15) is 11.8 Å². The van der Waals surface area contributed by atoms with Crippen molar-refractivity contribution in [3.63, 3.8) is 0 Å². The number of nitrogens with zero attached hydrogens (tertiary/aromatic N) is 1. The van der Waals surface area contributed by atoms with Crippen LogP contribution < -0.4 is 0 Å². The lowest BCUT2D eigenvalue weighted by molar-refractivity contribution is 0.827. The summed E-state index contributed by atoms with van der Waals surface area (Å²) in [6.45, 7) is 0. The molecule has 1 fully saturated rings. The van der Waals surface area contributed by atoms with E-state index in [-0.39, 0.29) is 0 Å². The van der Waals surface area contributed by atoms with Crippen LogP contribution in [-0.4, -0.2) is 10.7 Å². The summed E-state index contributed by atoms with van der Waals surface area (Å²) in [6.07, 6.45) is 4.55. The van der Waals surface area contributed by atoms with E-state index in [0.717, 1.165) is 4.60 Å². The highest BCUT2D eigenvalue weighted by Gasteiger charge is 2.17. The average Bonchev–Trinajstić information content (AvgIpc) is 2.56. The lowest BCUT2D eigenvalue weighted by atomic mass is 10.1. The first-order valence-electron chi connectivity index (χ1n) is 4.09. The van der Waals surface area contributed by atoms with Crippen LogP contribution in [0.1, 0.15) is 23.7 Å². The zero-order valence-electron chi connectivity index (χ0n) is 6.66. The molecule has 0 amide bonds. The van der Waals surface area contributed by atoms with Gasteiger partial charge in [-0.1, -0.05) is 0 Å². The number of pyridine rings is 1. The van der Waals surface area contributed by atoms with E-state index in [1.54, 1.807) is 0 Å². The van der Waals surface area contributed by atoms with E-state index >= 15 is 0 Å². The van der Waals surface area contributed by atoms with Crippen LogP contribution in [0.5, 0.6) is 0 Å². The lowest BCUT2D eigenvalue weighted by Gasteiger charge is -2.07. The zero-order valence-corrected chi connectivity index (χ0v) is 9.07. The Morgan fingerprint density at radius 3 is 3.17 bits per heavy atom. The predicted molar refractivity (Wildman–Crippen MR) is 56.4 cm³/mol. The van der Waals surface area contributed by atoms with Gasteiger partial charge in [0, 0.05) is 11.4 Å². The first kappa shape index (κ1) is 8.57. The van der Waals surface area contributed by atoms with Gasteiger partial charge in [-0.25, -0.2) is 4.98 Å². The monoisotopic (exact) mass is 243 g/mol. The van der Waals surface area contributed by atoms with Gasteiger partial charge in [0.15, 0.2) is 0 Å². The topological polar surface area (TPSA) is 12.9 Å². The Morgan fingerprint density at radius 2 is 2.50 bits per heavy atom. The summed E-state index contributed by atoms with van der Waals surface area (Å²) in [5, 5.41) is 0.712. The van der Waals surface area contributed by atoms with Crippen LogP contribution >= 0.6 is 27.7 Å². The Morgan fingerprint density at radius 1 is 1.58 bits per heavy atom. The Hall–Kier alpha value is -0.0200. The van der Waals surface area contributed by atoms with E-state index in [2.05, 4.69) is 44.8 Å². The van der Waals surface area contributed by atoms with Gasteiger partial charge in [0.25, 0.3) is 0 Å². The molecule has 0 N–H and O–H groups in total. The molecule has 3 heteroatoms. The van der Waals surface area contributed by atoms with Crippen molar-refractivity contribution < 1.29 is 0 Å². The van der Waals surface area contributed by atoms with Crippen LogP contribution in [0.4, 0.5) is 0 Å². The zero-order chi connectivity index (χ0) is 8.39. The first-order valence-corrected chi connectivity index (χ1v) is 5.93. The van der Waals surface area contributed by atoms with Gasteiger partial charge in [0.1, 0.15) is 4.60 Å². The summed E-state index contributed by atoms with van der Waals surface area (Å²) < 4.78 is 0.951. The maximum absolute atomic E-state index is 4.12. The van der Waals surface area contributed by atoms with Crippen molar-refractivity contribution in [1.82, 2.24) is 4.98 Å². The van der Waals surface area contributed by atoms with Gasteiger partial charge in [-0.3, -0.25) is 0 Å². The van der Waals surface area contributed by atoms with E-state index in [9.17, 15) is 0 Å². The van der Waals surface area contributed by atoms with Crippen molar-refractivity contribution >= 4 is 27.7 Å². The maximum atomic E-state index is 4.12. The van der Waals surface area contributed by atoms with Crippen LogP contribution in [-0.2, 0) is 0 Å². The van der Waals surface area contributed by atoms with E-state index in [1.807, 2.05) is 6.20 Å². The third kappa shape index (κ3) is 1.83. The molecule has 2 heterocycles. The van der Waals surface area contributed by atoms with Gasteiger partial charge in [-0.15, -0.1) is 0 Å². The van der Waals surface area contributed by atoms with Gasteiger partial charge in [0.2, 0.25) is 0 Å². The predicted octanol–water partition coefficient (Wildman–Crippen LogP) is 3.41. The number of thioether (sulfide) groups is 1. The van der Waals surface area contributed by atoms with Crippen molar-refractivity contribution in [2.24, 2.45) is 0 Å². The number of rotatable bonds is 1. The summed E-state index contributed by atoms with van der Waals surface area (Å²) in [6, 6.07) is 4.25. The van der Waals surface area contributed by atoms with Crippen molar-refractivity contribution in [1.29, 1.82) is 0 Å². The minimum atomic E-state index is 0.712. The van der Waals surface area contributed by atoms with Crippen molar-refractivity contribution in [3.05, 3.63) is 28.5 Å². The fourth-order valence-electron chi connectivity index (χ4n) is 1.46. The molecule has 1 unspecified atom stereocenters. The largest absolute Gasteiger partial charge is 0.249 e. The van der Waals surface area contributed by atoms with Crippen LogP contribution in [0.3, 0.4) is 0 Å². The van der Waals surface area contributed by atoms with E-state index in [0.29, 0.717) is 5.25 Å². The van der Waals surface area contributed by atoms with Gasteiger partial charge in [0.05, 0.1) is 0 Å². The van der Waals surface area contributed by atoms with Gasteiger partial charge < -0.3 is 0 Å². The molecule has 0 bridgehead atoms. The molecular formula is C9H10BrNS. The Labute approximate surface area is 85.1 Å². The summed E-state index contributed by atoms with van der Waals surface area (Å²) in [5.41, 5.74) is 1.42.